The van der Waals surface area contributed by atoms with Crippen LogP contribution in [-0.2, 0) is 4.79 Å². The van der Waals surface area contributed by atoms with Gasteiger partial charge in [0.2, 0.25) is 5.91 Å². The lowest BCUT2D eigenvalue weighted by atomic mass is 10.1. The van der Waals surface area contributed by atoms with Gasteiger partial charge in [0.25, 0.3) is 5.56 Å². The Hall–Kier alpha value is -2.54. The quantitative estimate of drug-likeness (QED) is 0.848. The van der Waals surface area contributed by atoms with Gasteiger partial charge in [-0.3, -0.25) is 9.59 Å². The fourth-order valence-corrected chi connectivity index (χ4v) is 3.38. The molecule has 1 atom stereocenters. The van der Waals surface area contributed by atoms with Gasteiger partial charge in [-0.05, 0) is 38.3 Å². The minimum atomic E-state index is -0.809. The summed E-state index contributed by atoms with van der Waals surface area (Å²) < 4.78 is 6.26. The second kappa shape index (κ2) is 8.43. The van der Waals surface area contributed by atoms with E-state index in [2.05, 4.69) is 15.3 Å². The molecule has 0 aliphatic carbocycles. The molecule has 1 aliphatic heterocycles. The zero-order valence-electron chi connectivity index (χ0n) is 15.4. The van der Waals surface area contributed by atoms with Crippen molar-refractivity contribution in [1.82, 2.24) is 9.78 Å². The molecule has 144 valence electrons. The summed E-state index contributed by atoms with van der Waals surface area (Å²) in [6, 6.07) is 6.19. The number of methoxy groups -OCH3 is 1. The van der Waals surface area contributed by atoms with Crippen LogP contribution in [-0.4, -0.2) is 35.9 Å². The number of hydrogen-bond donors (Lipinski definition) is 1. The summed E-state index contributed by atoms with van der Waals surface area (Å²) in [5.74, 6) is 0.268. The number of anilines is 2. The highest BCUT2D eigenvalue weighted by Gasteiger charge is 2.22. The molecule has 27 heavy (non-hydrogen) atoms. The number of carbonyl (C=O) groups is 1. The topological polar surface area (TPSA) is 76.5 Å². The van der Waals surface area contributed by atoms with Crippen molar-refractivity contribution >= 4 is 28.9 Å². The van der Waals surface area contributed by atoms with E-state index in [1.165, 1.54) is 6.42 Å². The summed E-state index contributed by atoms with van der Waals surface area (Å²) in [4.78, 5) is 27.3. The minimum Gasteiger partial charge on any atom is -0.497 e. The molecule has 1 fully saturated rings. The molecule has 0 saturated carbocycles. The lowest BCUT2D eigenvalue weighted by Crippen LogP contribution is -2.36. The first-order valence-corrected chi connectivity index (χ1v) is 9.36. The summed E-state index contributed by atoms with van der Waals surface area (Å²) in [5, 5.41) is 7.08. The number of amides is 1. The second-order valence-corrected chi connectivity index (χ2v) is 6.92. The van der Waals surface area contributed by atoms with Crippen LogP contribution < -0.4 is 20.5 Å². The zero-order valence-corrected chi connectivity index (χ0v) is 16.2. The van der Waals surface area contributed by atoms with Crippen LogP contribution in [0.5, 0.6) is 5.75 Å². The molecule has 2 aromatic rings. The third-order valence-corrected chi connectivity index (χ3v) is 5.06. The SMILES string of the molecule is COc1cccc(NC(=O)C(C)n2ncc(N3CCCCC3)c(Cl)c2=O)c1. The van der Waals surface area contributed by atoms with E-state index in [0.29, 0.717) is 17.1 Å². The van der Waals surface area contributed by atoms with Gasteiger partial charge in [-0.2, -0.15) is 5.10 Å². The van der Waals surface area contributed by atoms with Gasteiger partial charge in [0.15, 0.2) is 0 Å². The molecule has 1 unspecified atom stereocenters. The molecule has 1 N–H and O–H groups in total. The number of halogens is 1. The monoisotopic (exact) mass is 390 g/mol. The second-order valence-electron chi connectivity index (χ2n) is 6.54. The van der Waals surface area contributed by atoms with Crippen molar-refractivity contribution in [1.29, 1.82) is 0 Å². The number of nitrogens with one attached hydrogen (secondary N) is 1. The normalized spacial score (nSPS) is 15.3. The van der Waals surface area contributed by atoms with Gasteiger partial charge in [-0.25, -0.2) is 4.68 Å². The Bertz CT molecular complexity index is 877. The average molecular weight is 391 g/mol. The highest BCUT2D eigenvalue weighted by molar-refractivity contribution is 6.33. The maximum atomic E-state index is 12.7. The standard InChI is InChI=1S/C19H23ClN4O3/c1-13(18(25)22-14-7-6-8-15(11-14)27-2)24-19(26)17(20)16(12-21-24)23-9-4-3-5-10-23/h6-8,11-13H,3-5,9-10H2,1-2H3,(H,22,25). The number of piperidine rings is 1. The van der Waals surface area contributed by atoms with E-state index in [9.17, 15) is 9.59 Å². The number of nitrogens with zero attached hydrogens (tertiary/aromatic N) is 3. The van der Waals surface area contributed by atoms with Crippen LogP contribution in [0.2, 0.25) is 5.02 Å². The van der Waals surface area contributed by atoms with Crippen molar-refractivity contribution in [3.8, 4) is 5.75 Å². The fraction of sp³-hybridized carbons (Fsp3) is 0.421. The Balaban J connectivity index is 1.79. The fourth-order valence-electron chi connectivity index (χ4n) is 3.13. The predicted molar refractivity (Wildman–Crippen MR) is 106 cm³/mol. The molecule has 1 saturated heterocycles. The average Bonchev–Trinajstić information content (AvgIpc) is 2.70. The minimum absolute atomic E-state index is 0.105. The Labute approximate surface area is 162 Å². The summed E-state index contributed by atoms with van der Waals surface area (Å²) >= 11 is 6.32. The Morgan fingerprint density at radius 3 is 2.74 bits per heavy atom. The lowest BCUT2D eigenvalue weighted by Gasteiger charge is -2.29. The molecule has 2 heterocycles. The molecule has 1 aliphatic rings. The molecule has 7 nitrogen and oxygen atoms in total. The van der Waals surface area contributed by atoms with Crippen LogP contribution in [0.4, 0.5) is 11.4 Å². The molecule has 0 radical (unpaired) electrons. The van der Waals surface area contributed by atoms with Crippen molar-refractivity contribution in [2.24, 2.45) is 0 Å². The summed E-state index contributed by atoms with van der Waals surface area (Å²) in [7, 11) is 1.55. The highest BCUT2D eigenvalue weighted by Crippen LogP contribution is 2.25. The summed E-state index contributed by atoms with van der Waals surface area (Å²) in [5.41, 5.74) is 0.751. The van der Waals surface area contributed by atoms with Crippen LogP contribution in [0.1, 0.15) is 32.2 Å². The number of rotatable bonds is 5. The number of aromatic nitrogens is 2. The predicted octanol–water partition coefficient (Wildman–Crippen LogP) is 3.10. The maximum absolute atomic E-state index is 12.7. The molecule has 0 bridgehead atoms. The van der Waals surface area contributed by atoms with E-state index < -0.39 is 11.6 Å². The molecule has 3 rings (SSSR count). The Kier molecular flexibility index (Phi) is 6.01. The van der Waals surface area contributed by atoms with Crippen LogP contribution in [0.15, 0.2) is 35.3 Å². The molecule has 1 amide bonds. The smallest absolute Gasteiger partial charge is 0.288 e. The van der Waals surface area contributed by atoms with E-state index >= 15 is 0 Å². The summed E-state index contributed by atoms with van der Waals surface area (Å²) in [6.07, 6.45) is 4.89. The van der Waals surface area contributed by atoms with Gasteiger partial charge in [-0.15, -0.1) is 0 Å². The van der Waals surface area contributed by atoms with Gasteiger partial charge < -0.3 is 15.0 Å². The van der Waals surface area contributed by atoms with E-state index in [-0.39, 0.29) is 10.9 Å². The lowest BCUT2D eigenvalue weighted by molar-refractivity contribution is -0.119. The first kappa shape index (κ1) is 19.2. The molecule has 1 aromatic heterocycles. The number of hydrogen-bond acceptors (Lipinski definition) is 5. The van der Waals surface area contributed by atoms with Crippen LogP contribution in [0.3, 0.4) is 0 Å². The van der Waals surface area contributed by atoms with E-state index in [1.807, 2.05) is 0 Å². The zero-order chi connectivity index (χ0) is 19.4. The van der Waals surface area contributed by atoms with Gasteiger partial charge >= 0.3 is 0 Å². The van der Waals surface area contributed by atoms with Crippen molar-refractivity contribution in [2.45, 2.75) is 32.2 Å². The molecular weight excluding hydrogens is 368 g/mol. The van der Waals surface area contributed by atoms with Crippen LogP contribution in [0.25, 0.3) is 0 Å². The van der Waals surface area contributed by atoms with E-state index in [4.69, 9.17) is 16.3 Å². The van der Waals surface area contributed by atoms with Crippen molar-refractivity contribution in [2.75, 3.05) is 30.4 Å². The van der Waals surface area contributed by atoms with Gasteiger partial charge in [0.1, 0.15) is 16.8 Å². The number of carbonyl (C=O) groups excluding carboxylic acids is 1. The van der Waals surface area contributed by atoms with Gasteiger partial charge in [0, 0.05) is 24.8 Å². The maximum Gasteiger partial charge on any atom is 0.288 e. The third-order valence-electron chi connectivity index (χ3n) is 4.71. The summed E-state index contributed by atoms with van der Waals surface area (Å²) in [6.45, 7) is 3.33. The molecule has 8 heteroatoms. The van der Waals surface area contributed by atoms with Crippen LogP contribution >= 0.6 is 11.6 Å². The third kappa shape index (κ3) is 4.24. The van der Waals surface area contributed by atoms with Crippen molar-refractivity contribution < 1.29 is 9.53 Å². The first-order valence-electron chi connectivity index (χ1n) is 8.98. The van der Waals surface area contributed by atoms with Crippen molar-refractivity contribution in [3.63, 3.8) is 0 Å². The molecule has 0 spiro atoms. The van der Waals surface area contributed by atoms with E-state index in [0.717, 1.165) is 30.6 Å². The Morgan fingerprint density at radius 1 is 1.30 bits per heavy atom. The molecule has 1 aromatic carbocycles. The van der Waals surface area contributed by atoms with Gasteiger partial charge in [0.05, 0.1) is 19.0 Å². The van der Waals surface area contributed by atoms with Crippen LogP contribution in [0, 0.1) is 0 Å². The van der Waals surface area contributed by atoms with Gasteiger partial charge in [-0.1, -0.05) is 17.7 Å². The Morgan fingerprint density at radius 2 is 2.04 bits per heavy atom. The number of ether oxygens (including phenoxy) is 1. The largest absolute Gasteiger partial charge is 0.497 e. The first-order chi connectivity index (χ1) is 13.0. The van der Waals surface area contributed by atoms with Crippen molar-refractivity contribution in [3.05, 3.63) is 45.8 Å². The molecular formula is C19H23ClN4O3. The highest BCUT2D eigenvalue weighted by atomic mass is 35.5. The number of benzene rings is 1. The van der Waals surface area contributed by atoms with E-state index in [1.54, 1.807) is 44.5 Å².